The molecule has 26 heavy (non-hydrogen) atoms. The zero-order valence-corrected chi connectivity index (χ0v) is 15.7. The minimum absolute atomic E-state index is 0.225. The molecule has 7 heteroatoms. The highest BCUT2D eigenvalue weighted by Crippen LogP contribution is 2.42. The number of H-pyrrole nitrogens is 1. The lowest BCUT2D eigenvalue weighted by atomic mass is 10.0. The van der Waals surface area contributed by atoms with Crippen molar-refractivity contribution in [1.82, 2.24) is 9.97 Å². The molecule has 0 amide bonds. The van der Waals surface area contributed by atoms with Gasteiger partial charge in [-0.3, -0.25) is 4.79 Å². The topological polar surface area (TPSA) is 73.4 Å². The Labute approximate surface area is 157 Å². The van der Waals surface area contributed by atoms with Gasteiger partial charge in [-0.05, 0) is 24.3 Å². The number of aromatic nitrogens is 2. The molecule has 2 aromatic carbocycles. The Morgan fingerprint density at radius 1 is 1.19 bits per heavy atom. The number of aromatic amines is 1. The molecule has 0 radical (unpaired) electrons. The number of hydrogen-bond acceptors (Lipinski definition) is 5. The van der Waals surface area contributed by atoms with Gasteiger partial charge >= 0.3 is 0 Å². The number of rotatable bonds is 3. The Bertz CT molecular complexity index is 1060. The number of benzene rings is 2. The molecule has 0 spiro atoms. The molecule has 4 rings (SSSR count). The first kappa shape index (κ1) is 16.7. The lowest BCUT2D eigenvalue weighted by molar-refractivity contribution is 0.364. The van der Waals surface area contributed by atoms with Crippen LogP contribution in [0.3, 0.4) is 0 Å². The Hall–Kier alpha value is -2.80. The molecule has 1 N–H and O–H groups in total. The van der Waals surface area contributed by atoms with E-state index < -0.39 is 0 Å². The highest BCUT2D eigenvalue weighted by molar-refractivity contribution is 9.10. The molecule has 6 nitrogen and oxygen atoms in total. The molecule has 0 unspecified atom stereocenters. The summed E-state index contributed by atoms with van der Waals surface area (Å²) in [4.78, 5) is 20.0. The first-order valence-corrected chi connectivity index (χ1v) is 8.70. The number of hydrogen-bond donors (Lipinski definition) is 1. The van der Waals surface area contributed by atoms with Crippen LogP contribution in [0.4, 0.5) is 0 Å². The lowest BCUT2D eigenvalue weighted by Crippen LogP contribution is -2.20. The second kappa shape index (κ2) is 6.49. The summed E-state index contributed by atoms with van der Waals surface area (Å²) in [5.41, 5.74) is 1.87. The summed E-state index contributed by atoms with van der Waals surface area (Å²) in [6.07, 6.45) is 0.418. The van der Waals surface area contributed by atoms with Crippen LogP contribution in [0.5, 0.6) is 23.1 Å². The summed E-state index contributed by atoms with van der Waals surface area (Å²) < 4.78 is 17.4. The molecule has 0 saturated carbocycles. The van der Waals surface area contributed by atoms with Crippen molar-refractivity contribution in [1.29, 1.82) is 0 Å². The van der Waals surface area contributed by atoms with Crippen LogP contribution in [0.15, 0.2) is 45.7 Å². The highest BCUT2D eigenvalue weighted by atomic mass is 79.9. The summed E-state index contributed by atoms with van der Waals surface area (Å²) >= 11 is 3.45. The number of methoxy groups -OCH3 is 2. The van der Waals surface area contributed by atoms with Crippen LogP contribution in [0.1, 0.15) is 11.1 Å². The standard InChI is InChI=1S/C19H15BrN2O4/c1-24-13-5-3-4-10(7-13)17-21-18(23)14-8-11-6-12(20)9-15(25-2)16(11)26-19(14)22-17/h3-7,9H,8H2,1-2H3,(H,21,22,23). The van der Waals surface area contributed by atoms with Gasteiger partial charge in [-0.2, -0.15) is 4.98 Å². The molecule has 3 aromatic rings. The molecule has 1 aliphatic heterocycles. The van der Waals surface area contributed by atoms with E-state index >= 15 is 0 Å². The van der Waals surface area contributed by atoms with Crippen molar-refractivity contribution in [2.75, 3.05) is 14.2 Å². The quantitative estimate of drug-likeness (QED) is 0.549. The van der Waals surface area contributed by atoms with Crippen LogP contribution in [-0.2, 0) is 6.42 Å². The fourth-order valence-electron chi connectivity index (χ4n) is 2.93. The molecule has 2 heterocycles. The largest absolute Gasteiger partial charge is 0.497 e. The number of fused-ring (bicyclic) bond motifs is 2. The number of nitrogens with zero attached hydrogens (tertiary/aromatic N) is 1. The third kappa shape index (κ3) is 2.84. The van der Waals surface area contributed by atoms with E-state index in [1.54, 1.807) is 20.3 Å². The normalized spacial score (nSPS) is 12.0. The van der Waals surface area contributed by atoms with Gasteiger partial charge in [0.05, 0.1) is 19.8 Å². The monoisotopic (exact) mass is 414 g/mol. The van der Waals surface area contributed by atoms with Crippen molar-refractivity contribution >= 4 is 15.9 Å². The fraction of sp³-hybridized carbons (Fsp3) is 0.158. The van der Waals surface area contributed by atoms with Crippen molar-refractivity contribution in [3.63, 3.8) is 0 Å². The first-order valence-electron chi connectivity index (χ1n) is 7.91. The Morgan fingerprint density at radius 3 is 2.81 bits per heavy atom. The van der Waals surface area contributed by atoms with E-state index in [4.69, 9.17) is 14.2 Å². The van der Waals surface area contributed by atoms with E-state index in [1.165, 1.54) is 0 Å². The van der Waals surface area contributed by atoms with Gasteiger partial charge in [0.1, 0.15) is 11.6 Å². The second-order valence-electron chi connectivity index (χ2n) is 5.81. The second-order valence-corrected chi connectivity index (χ2v) is 6.72. The number of nitrogens with one attached hydrogen (secondary N) is 1. The molecule has 0 aliphatic carbocycles. The van der Waals surface area contributed by atoms with Gasteiger partial charge in [0.2, 0.25) is 5.88 Å². The van der Waals surface area contributed by atoms with Crippen molar-refractivity contribution in [3.05, 3.63) is 62.4 Å². The van der Waals surface area contributed by atoms with Gasteiger partial charge < -0.3 is 19.2 Å². The summed E-state index contributed by atoms with van der Waals surface area (Å²) in [6, 6.07) is 11.1. The van der Waals surface area contributed by atoms with E-state index in [-0.39, 0.29) is 5.56 Å². The average molecular weight is 415 g/mol. The fourth-order valence-corrected chi connectivity index (χ4v) is 3.42. The highest BCUT2D eigenvalue weighted by Gasteiger charge is 2.25. The molecule has 132 valence electrons. The SMILES string of the molecule is COc1cccc(-c2nc3c(c(=O)[nH]2)Cc2cc(Br)cc(OC)c2O3)c1. The van der Waals surface area contributed by atoms with Gasteiger partial charge in [0, 0.05) is 22.0 Å². The molecule has 0 saturated heterocycles. The summed E-state index contributed by atoms with van der Waals surface area (Å²) in [5.74, 6) is 2.57. The van der Waals surface area contributed by atoms with Crippen molar-refractivity contribution < 1.29 is 14.2 Å². The van der Waals surface area contributed by atoms with Crippen molar-refractivity contribution in [2.45, 2.75) is 6.42 Å². The third-order valence-electron chi connectivity index (χ3n) is 4.20. The summed E-state index contributed by atoms with van der Waals surface area (Å²) in [6.45, 7) is 0. The van der Waals surface area contributed by atoms with Crippen LogP contribution in [-0.4, -0.2) is 24.2 Å². The zero-order valence-electron chi connectivity index (χ0n) is 14.1. The minimum Gasteiger partial charge on any atom is -0.497 e. The number of halogens is 1. The van der Waals surface area contributed by atoms with Gasteiger partial charge in [-0.1, -0.05) is 28.1 Å². The van der Waals surface area contributed by atoms with Crippen LogP contribution in [0.2, 0.25) is 0 Å². The van der Waals surface area contributed by atoms with Crippen LogP contribution < -0.4 is 19.8 Å². The van der Waals surface area contributed by atoms with Gasteiger partial charge in [0.25, 0.3) is 5.56 Å². The van der Waals surface area contributed by atoms with Crippen LogP contribution >= 0.6 is 15.9 Å². The minimum atomic E-state index is -0.225. The Kier molecular flexibility index (Phi) is 4.16. The van der Waals surface area contributed by atoms with E-state index in [1.807, 2.05) is 30.3 Å². The summed E-state index contributed by atoms with van der Waals surface area (Å²) in [7, 11) is 3.17. The smallest absolute Gasteiger partial charge is 0.258 e. The van der Waals surface area contributed by atoms with Crippen LogP contribution in [0, 0.1) is 0 Å². The predicted octanol–water partition coefficient (Wildman–Crippen LogP) is 3.91. The Morgan fingerprint density at radius 2 is 2.04 bits per heavy atom. The zero-order chi connectivity index (χ0) is 18.3. The van der Waals surface area contributed by atoms with Gasteiger partial charge in [0.15, 0.2) is 11.5 Å². The third-order valence-corrected chi connectivity index (χ3v) is 4.66. The molecule has 1 aromatic heterocycles. The predicted molar refractivity (Wildman–Crippen MR) is 100 cm³/mol. The van der Waals surface area contributed by atoms with Gasteiger partial charge in [-0.15, -0.1) is 0 Å². The van der Waals surface area contributed by atoms with Crippen molar-refractivity contribution in [2.24, 2.45) is 0 Å². The molecular weight excluding hydrogens is 400 g/mol. The van der Waals surface area contributed by atoms with E-state index in [0.29, 0.717) is 40.9 Å². The Balaban J connectivity index is 1.82. The number of ether oxygens (including phenoxy) is 3. The maximum atomic E-state index is 12.6. The summed E-state index contributed by atoms with van der Waals surface area (Å²) in [5, 5.41) is 0. The first-order chi connectivity index (χ1) is 12.6. The van der Waals surface area contributed by atoms with Gasteiger partial charge in [-0.25, -0.2) is 0 Å². The maximum Gasteiger partial charge on any atom is 0.258 e. The van der Waals surface area contributed by atoms with Crippen LogP contribution in [0.25, 0.3) is 11.4 Å². The molecule has 0 fully saturated rings. The molecular formula is C19H15BrN2O4. The van der Waals surface area contributed by atoms with Crippen molar-refractivity contribution in [3.8, 4) is 34.5 Å². The average Bonchev–Trinajstić information content (AvgIpc) is 2.66. The maximum absolute atomic E-state index is 12.6. The molecule has 1 aliphatic rings. The van der Waals surface area contributed by atoms with E-state index in [2.05, 4.69) is 25.9 Å². The lowest BCUT2D eigenvalue weighted by Gasteiger charge is -2.21. The van der Waals surface area contributed by atoms with E-state index in [9.17, 15) is 4.79 Å². The molecule has 0 bridgehead atoms. The van der Waals surface area contributed by atoms with E-state index in [0.717, 1.165) is 15.6 Å². The molecule has 0 atom stereocenters.